The molecule has 4 N–H and O–H groups in total. The van der Waals surface area contributed by atoms with Crippen LogP contribution in [0, 0.1) is 6.92 Å². The summed E-state index contributed by atoms with van der Waals surface area (Å²) in [7, 11) is 0. The molecule has 0 radical (unpaired) electrons. The molecule has 3 atom stereocenters. The van der Waals surface area contributed by atoms with E-state index in [0.717, 1.165) is 5.56 Å². The smallest absolute Gasteiger partial charge is 0.325 e. The highest BCUT2D eigenvalue weighted by Crippen LogP contribution is 2.35. The first-order valence-corrected chi connectivity index (χ1v) is 8.29. The summed E-state index contributed by atoms with van der Waals surface area (Å²) < 4.78 is 5.51. The maximum atomic E-state index is 12.0. The summed E-state index contributed by atoms with van der Waals surface area (Å²) in [4.78, 5) is 12.0. The molecule has 2 amide bonds. The Morgan fingerprint density at radius 3 is 2.75 bits per heavy atom. The van der Waals surface area contributed by atoms with E-state index in [4.69, 9.17) is 9.84 Å². The van der Waals surface area contributed by atoms with Crippen LogP contribution in [0.3, 0.4) is 0 Å². The number of urea groups is 1. The first-order chi connectivity index (χ1) is 11.5. The number of rotatable bonds is 4. The molecule has 9 heteroatoms. The second kappa shape index (κ2) is 7.22. The second-order valence-electron chi connectivity index (χ2n) is 5.54. The number of aromatic nitrogens is 2. The highest BCUT2D eigenvalue weighted by atomic mass is 32.1. The summed E-state index contributed by atoms with van der Waals surface area (Å²) in [6.07, 6.45) is -1.43. The minimum absolute atomic E-state index is 0.249. The fourth-order valence-electron chi connectivity index (χ4n) is 2.36. The highest BCUT2D eigenvalue weighted by Gasteiger charge is 2.36. The van der Waals surface area contributed by atoms with E-state index in [0.29, 0.717) is 22.2 Å². The van der Waals surface area contributed by atoms with Gasteiger partial charge in [0.1, 0.15) is 17.2 Å². The number of carbonyl (C=O) groups excluding carboxylic acids is 1. The van der Waals surface area contributed by atoms with Crippen LogP contribution in [0.15, 0.2) is 24.3 Å². The monoisotopic (exact) mass is 350 g/mol. The van der Waals surface area contributed by atoms with Crippen LogP contribution in [0.4, 0.5) is 15.6 Å². The summed E-state index contributed by atoms with van der Waals surface area (Å²) in [6.45, 7) is 1.72. The van der Waals surface area contributed by atoms with E-state index in [1.165, 1.54) is 11.3 Å². The van der Waals surface area contributed by atoms with Crippen molar-refractivity contribution in [3.8, 4) is 0 Å². The molecule has 128 valence electrons. The molecule has 1 fully saturated rings. The van der Waals surface area contributed by atoms with E-state index in [-0.39, 0.29) is 6.61 Å². The summed E-state index contributed by atoms with van der Waals surface area (Å²) in [5, 5.41) is 32.9. The molecule has 1 aromatic heterocycles. The Morgan fingerprint density at radius 2 is 2.08 bits per heavy atom. The SMILES string of the molecule is Cc1ccc(NC(=O)Nc2nnc([C@H]3C[C@H](O)[C@@H](CO)O3)s2)cc1. The van der Waals surface area contributed by atoms with Crippen molar-refractivity contribution in [2.45, 2.75) is 31.7 Å². The quantitative estimate of drug-likeness (QED) is 0.666. The summed E-state index contributed by atoms with van der Waals surface area (Å²) >= 11 is 1.17. The Bertz CT molecular complexity index is 706. The van der Waals surface area contributed by atoms with Crippen LogP contribution in [-0.4, -0.2) is 45.3 Å². The van der Waals surface area contributed by atoms with Gasteiger partial charge in [0.25, 0.3) is 0 Å². The number of benzene rings is 1. The molecule has 8 nitrogen and oxygen atoms in total. The van der Waals surface area contributed by atoms with E-state index in [2.05, 4.69) is 20.8 Å². The Hall–Kier alpha value is -2.07. The van der Waals surface area contributed by atoms with Crippen LogP contribution in [-0.2, 0) is 4.74 Å². The van der Waals surface area contributed by atoms with Gasteiger partial charge < -0.3 is 20.3 Å². The lowest BCUT2D eigenvalue weighted by Crippen LogP contribution is -2.24. The molecule has 0 spiro atoms. The molecule has 2 heterocycles. The first-order valence-electron chi connectivity index (χ1n) is 7.47. The molecule has 24 heavy (non-hydrogen) atoms. The van der Waals surface area contributed by atoms with Gasteiger partial charge in [0.15, 0.2) is 0 Å². The van der Waals surface area contributed by atoms with E-state index >= 15 is 0 Å². The molecule has 2 aromatic rings. The fraction of sp³-hybridized carbons (Fsp3) is 0.400. The lowest BCUT2D eigenvalue weighted by atomic mass is 10.1. The van der Waals surface area contributed by atoms with Gasteiger partial charge >= 0.3 is 6.03 Å². The van der Waals surface area contributed by atoms with Gasteiger partial charge in [-0.2, -0.15) is 0 Å². The van der Waals surface area contributed by atoms with Gasteiger partial charge in [0, 0.05) is 12.1 Å². The normalized spacial score (nSPS) is 23.2. The number of aliphatic hydroxyl groups is 2. The largest absolute Gasteiger partial charge is 0.394 e. The van der Waals surface area contributed by atoms with Gasteiger partial charge in [-0.1, -0.05) is 29.0 Å². The standard InChI is InChI=1S/C15H18N4O4S/c1-8-2-4-9(5-3-8)16-14(22)17-15-19-18-13(24-15)11-6-10(21)12(7-20)23-11/h2-5,10-12,20-21H,6-7H2,1H3,(H2,16,17,19,22)/t10-,11+,12+/m0/s1. The van der Waals surface area contributed by atoms with Crippen LogP contribution in [0.2, 0.25) is 0 Å². The molecule has 0 saturated carbocycles. The van der Waals surface area contributed by atoms with E-state index < -0.39 is 24.3 Å². The minimum atomic E-state index is -0.731. The van der Waals surface area contributed by atoms with Crippen LogP contribution in [0.5, 0.6) is 0 Å². The number of hydrogen-bond donors (Lipinski definition) is 4. The lowest BCUT2D eigenvalue weighted by Gasteiger charge is -2.09. The van der Waals surface area contributed by atoms with E-state index in [1.807, 2.05) is 31.2 Å². The van der Waals surface area contributed by atoms with Gasteiger partial charge in [-0.25, -0.2) is 4.79 Å². The molecule has 0 unspecified atom stereocenters. The second-order valence-corrected chi connectivity index (χ2v) is 6.55. The predicted molar refractivity (Wildman–Crippen MR) is 89.1 cm³/mol. The number of aryl methyl sites for hydroxylation is 1. The zero-order valence-electron chi connectivity index (χ0n) is 13.0. The van der Waals surface area contributed by atoms with Crippen molar-refractivity contribution in [2.24, 2.45) is 0 Å². The van der Waals surface area contributed by atoms with Crippen molar-refractivity contribution < 1.29 is 19.7 Å². The van der Waals surface area contributed by atoms with Crippen molar-refractivity contribution in [2.75, 3.05) is 17.2 Å². The number of ether oxygens (including phenoxy) is 1. The molecular weight excluding hydrogens is 332 g/mol. The van der Waals surface area contributed by atoms with Crippen molar-refractivity contribution in [3.63, 3.8) is 0 Å². The number of amides is 2. The van der Waals surface area contributed by atoms with Crippen LogP contribution < -0.4 is 10.6 Å². The summed E-state index contributed by atoms with van der Waals surface area (Å²) in [5.74, 6) is 0. The lowest BCUT2D eigenvalue weighted by molar-refractivity contribution is -0.0227. The van der Waals surface area contributed by atoms with E-state index in [1.54, 1.807) is 0 Å². The topological polar surface area (TPSA) is 117 Å². The predicted octanol–water partition coefficient (Wildman–Crippen LogP) is 1.67. The minimum Gasteiger partial charge on any atom is -0.394 e. The zero-order valence-corrected chi connectivity index (χ0v) is 13.8. The molecule has 1 aliphatic heterocycles. The number of carbonyl (C=O) groups is 1. The number of nitrogens with zero attached hydrogens (tertiary/aromatic N) is 2. The van der Waals surface area contributed by atoms with Gasteiger partial charge in [-0.3, -0.25) is 5.32 Å². The van der Waals surface area contributed by atoms with Gasteiger partial charge in [0.2, 0.25) is 5.13 Å². The molecule has 1 aromatic carbocycles. The van der Waals surface area contributed by atoms with Crippen molar-refractivity contribution in [1.29, 1.82) is 0 Å². The molecule has 0 aliphatic carbocycles. The van der Waals surface area contributed by atoms with Gasteiger partial charge in [-0.15, -0.1) is 10.2 Å². The Morgan fingerprint density at radius 1 is 1.33 bits per heavy atom. The third-order valence-electron chi connectivity index (χ3n) is 3.65. The number of hydrogen-bond acceptors (Lipinski definition) is 7. The molecule has 3 rings (SSSR count). The molecular formula is C15H18N4O4S. The average Bonchev–Trinajstić information content (AvgIpc) is 3.16. The van der Waals surface area contributed by atoms with Crippen molar-refractivity contribution >= 4 is 28.2 Å². The van der Waals surface area contributed by atoms with Crippen molar-refractivity contribution in [1.82, 2.24) is 10.2 Å². The van der Waals surface area contributed by atoms with Crippen LogP contribution in [0.25, 0.3) is 0 Å². The van der Waals surface area contributed by atoms with Gasteiger partial charge in [0.05, 0.1) is 12.7 Å². The number of anilines is 2. The third-order valence-corrected chi connectivity index (χ3v) is 4.58. The van der Waals surface area contributed by atoms with Crippen LogP contribution in [0.1, 0.15) is 23.1 Å². The van der Waals surface area contributed by atoms with E-state index in [9.17, 15) is 9.90 Å². The van der Waals surface area contributed by atoms with Gasteiger partial charge in [-0.05, 0) is 19.1 Å². The summed E-state index contributed by atoms with van der Waals surface area (Å²) in [6, 6.07) is 7.01. The van der Waals surface area contributed by atoms with Crippen molar-refractivity contribution in [3.05, 3.63) is 34.8 Å². The Labute approximate surface area is 142 Å². The molecule has 1 saturated heterocycles. The average molecular weight is 350 g/mol. The maximum Gasteiger partial charge on any atom is 0.325 e. The Balaban J connectivity index is 1.58. The fourth-order valence-corrected chi connectivity index (χ4v) is 3.15. The highest BCUT2D eigenvalue weighted by molar-refractivity contribution is 7.15. The third kappa shape index (κ3) is 3.88. The summed E-state index contributed by atoms with van der Waals surface area (Å²) in [5.41, 5.74) is 1.78. The Kier molecular flexibility index (Phi) is 5.05. The molecule has 1 aliphatic rings. The number of nitrogens with one attached hydrogen (secondary N) is 2. The zero-order chi connectivity index (χ0) is 17.1. The van der Waals surface area contributed by atoms with Crippen LogP contribution >= 0.6 is 11.3 Å². The number of aliphatic hydroxyl groups excluding tert-OH is 2. The maximum absolute atomic E-state index is 12.0. The first kappa shape index (κ1) is 16.8. The molecule has 0 bridgehead atoms.